The van der Waals surface area contributed by atoms with Gasteiger partial charge in [0.2, 0.25) is 11.8 Å². The molecule has 0 aliphatic carbocycles. The molecule has 0 saturated carbocycles. The maximum absolute atomic E-state index is 11.5. The van der Waals surface area contributed by atoms with Gasteiger partial charge in [-0.25, -0.2) is 0 Å². The topological polar surface area (TPSA) is 49.4 Å². The molecule has 2 heterocycles. The molecule has 16 heavy (non-hydrogen) atoms. The lowest BCUT2D eigenvalue weighted by molar-refractivity contribution is -0.137. The van der Waals surface area contributed by atoms with E-state index in [1.165, 1.54) is 19.3 Å². The Morgan fingerprint density at radius 1 is 1.12 bits per heavy atom. The summed E-state index contributed by atoms with van der Waals surface area (Å²) in [5.41, 5.74) is 0. The summed E-state index contributed by atoms with van der Waals surface area (Å²) >= 11 is 0. The minimum absolute atomic E-state index is 0.0481. The van der Waals surface area contributed by atoms with Gasteiger partial charge in [0, 0.05) is 6.42 Å². The molecular weight excluding hydrogens is 204 g/mol. The van der Waals surface area contributed by atoms with Crippen LogP contribution in [0, 0.1) is 0 Å². The summed E-state index contributed by atoms with van der Waals surface area (Å²) in [7, 11) is 0. The van der Waals surface area contributed by atoms with Crippen LogP contribution in [-0.4, -0.2) is 35.8 Å². The SMILES string of the molecule is CC.O=C1CCC(N2CCCCC2)C(=O)N1. The van der Waals surface area contributed by atoms with Crippen molar-refractivity contribution in [1.29, 1.82) is 0 Å². The smallest absolute Gasteiger partial charge is 0.243 e. The van der Waals surface area contributed by atoms with Crippen LogP contribution in [0.25, 0.3) is 0 Å². The lowest BCUT2D eigenvalue weighted by Crippen LogP contribution is -2.53. The number of carbonyl (C=O) groups is 2. The van der Waals surface area contributed by atoms with Crippen molar-refractivity contribution in [3.63, 3.8) is 0 Å². The number of likely N-dealkylation sites (tertiary alicyclic amines) is 1. The molecule has 0 spiro atoms. The van der Waals surface area contributed by atoms with E-state index in [9.17, 15) is 9.59 Å². The number of hydrogen-bond donors (Lipinski definition) is 1. The van der Waals surface area contributed by atoms with Gasteiger partial charge in [-0.05, 0) is 32.4 Å². The zero-order valence-corrected chi connectivity index (χ0v) is 10.3. The maximum atomic E-state index is 11.5. The fourth-order valence-corrected chi connectivity index (χ4v) is 2.26. The number of hydrogen-bond acceptors (Lipinski definition) is 3. The molecule has 1 N–H and O–H groups in total. The number of piperidine rings is 2. The summed E-state index contributed by atoms with van der Waals surface area (Å²) in [6, 6.07) is -0.0481. The van der Waals surface area contributed by atoms with Crippen molar-refractivity contribution >= 4 is 11.8 Å². The predicted octanol–water partition coefficient (Wildman–Crippen LogP) is 1.30. The Morgan fingerprint density at radius 3 is 2.31 bits per heavy atom. The Labute approximate surface area is 97.4 Å². The molecule has 2 aliphatic rings. The minimum atomic E-state index is -0.122. The Hall–Kier alpha value is -0.900. The highest BCUT2D eigenvalue weighted by molar-refractivity contribution is 6.00. The van der Waals surface area contributed by atoms with Crippen LogP contribution >= 0.6 is 0 Å². The average Bonchev–Trinajstić information content (AvgIpc) is 2.33. The largest absolute Gasteiger partial charge is 0.295 e. The van der Waals surface area contributed by atoms with Gasteiger partial charge in [0.1, 0.15) is 0 Å². The summed E-state index contributed by atoms with van der Waals surface area (Å²) < 4.78 is 0. The quantitative estimate of drug-likeness (QED) is 0.686. The monoisotopic (exact) mass is 226 g/mol. The van der Waals surface area contributed by atoms with Gasteiger partial charge in [0.25, 0.3) is 0 Å². The van der Waals surface area contributed by atoms with Crippen LogP contribution in [0.3, 0.4) is 0 Å². The summed E-state index contributed by atoms with van der Waals surface area (Å²) in [5.74, 6) is -0.216. The van der Waals surface area contributed by atoms with Crippen molar-refractivity contribution in [3.05, 3.63) is 0 Å². The van der Waals surface area contributed by atoms with Gasteiger partial charge < -0.3 is 0 Å². The molecule has 2 aliphatic heterocycles. The molecule has 4 nitrogen and oxygen atoms in total. The van der Waals surface area contributed by atoms with Crippen molar-refractivity contribution in [2.45, 2.75) is 52.0 Å². The van der Waals surface area contributed by atoms with Crippen molar-refractivity contribution < 1.29 is 9.59 Å². The summed E-state index contributed by atoms with van der Waals surface area (Å²) in [6.45, 7) is 6.01. The first kappa shape index (κ1) is 13.2. The Morgan fingerprint density at radius 2 is 1.75 bits per heavy atom. The first-order chi connectivity index (χ1) is 7.77. The van der Waals surface area contributed by atoms with Gasteiger partial charge in [0.15, 0.2) is 0 Å². The Kier molecular flexibility index (Phi) is 5.46. The van der Waals surface area contributed by atoms with Crippen LogP contribution in [0.4, 0.5) is 0 Å². The molecule has 2 amide bonds. The summed E-state index contributed by atoms with van der Waals surface area (Å²) in [6.07, 6.45) is 4.82. The average molecular weight is 226 g/mol. The highest BCUT2D eigenvalue weighted by atomic mass is 16.2. The van der Waals surface area contributed by atoms with Gasteiger partial charge in [-0.15, -0.1) is 0 Å². The number of amides is 2. The number of imide groups is 1. The summed E-state index contributed by atoms with van der Waals surface area (Å²) in [4.78, 5) is 24.7. The van der Waals surface area contributed by atoms with E-state index in [0.717, 1.165) is 13.1 Å². The van der Waals surface area contributed by atoms with Crippen molar-refractivity contribution in [1.82, 2.24) is 10.2 Å². The van der Waals surface area contributed by atoms with Crippen molar-refractivity contribution in [2.24, 2.45) is 0 Å². The number of rotatable bonds is 1. The third-order valence-electron chi connectivity index (χ3n) is 3.04. The number of carbonyl (C=O) groups excluding carboxylic acids is 2. The van der Waals surface area contributed by atoms with E-state index < -0.39 is 0 Å². The van der Waals surface area contributed by atoms with E-state index in [1.54, 1.807) is 0 Å². The first-order valence-electron chi connectivity index (χ1n) is 6.35. The Bertz CT molecular complexity index is 247. The number of nitrogens with one attached hydrogen (secondary N) is 1. The first-order valence-corrected chi connectivity index (χ1v) is 6.35. The maximum Gasteiger partial charge on any atom is 0.243 e. The molecule has 2 saturated heterocycles. The van der Waals surface area contributed by atoms with E-state index in [4.69, 9.17) is 0 Å². The van der Waals surface area contributed by atoms with Crippen molar-refractivity contribution in [3.8, 4) is 0 Å². The van der Waals surface area contributed by atoms with Gasteiger partial charge in [-0.2, -0.15) is 0 Å². The zero-order chi connectivity index (χ0) is 12.0. The lowest BCUT2D eigenvalue weighted by Gasteiger charge is -2.35. The summed E-state index contributed by atoms with van der Waals surface area (Å²) in [5, 5.41) is 2.41. The third kappa shape index (κ3) is 3.30. The molecular formula is C12H22N2O2. The van der Waals surface area contributed by atoms with E-state index in [2.05, 4.69) is 10.2 Å². The molecule has 0 bridgehead atoms. The zero-order valence-electron chi connectivity index (χ0n) is 10.3. The highest BCUT2D eigenvalue weighted by Gasteiger charge is 2.31. The normalized spacial score (nSPS) is 26.8. The Balaban J connectivity index is 0.000000606. The molecule has 92 valence electrons. The number of nitrogens with zero attached hydrogens (tertiary/aromatic N) is 1. The molecule has 0 radical (unpaired) electrons. The van der Waals surface area contributed by atoms with Gasteiger partial charge in [0.05, 0.1) is 6.04 Å². The molecule has 2 rings (SSSR count). The van der Waals surface area contributed by atoms with E-state index in [1.807, 2.05) is 13.8 Å². The van der Waals surface area contributed by atoms with E-state index >= 15 is 0 Å². The fraction of sp³-hybridized carbons (Fsp3) is 0.833. The lowest BCUT2D eigenvalue weighted by atomic mass is 10.0. The molecule has 0 aromatic rings. The van der Waals surface area contributed by atoms with Gasteiger partial charge >= 0.3 is 0 Å². The molecule has 2 fully saturated rings. The van der Waals surface area contributed by atoms with E-state index in [0.29, 0.717) is 12.8 Å². The second-order valence-electron chi connectivity index (χ2n) is 4.06. The predicted molar refractivity (Wildman–Crippen MR) is 62.9 cm³/mol. The van der Waals surface area contributed by atoms with Crippen molar-refractivity contribution in [2.75, 3.05) is 13.1 Å². The van der Waals surface area contributed by atoms with Gasteiger partial charge in [-0.1, -0.05) is 20.3 Å². The van der Waals surface area contributed by atoms with Crippen LogP contribution < -0.4 is 5.32 Å². The van der Waals surface area contributed by atoms with E-state index in [-0.39, 0.29) is 17.9 Å². The van der Waals surface area contributed by atoms with Crippen LogP contribution in [-0.2, 0) is 9.59 Å². The molecule has 0 aromatic carbocycles. The third-order valence-corrected chi connectivity index (χ3v) is 3.04. The van der Waals surface area contributed by atoms with Crippen LogP contribution in [0.5, 0.6) is 0 Å². The second-order valence-corrected chi connectivity index (χ2v) is 4.06. The standard InChI is InChI=1S/C10H16N2O2.C2H6/c13-9-5-4-8(10(14)11-9)12-6-2-1-3-7-12;1-2/h8H,1-7H2,(H,11,13,14);1-2H3. The fourth-order valence-electron chi connectivity index (χ4n) is 2.26. The molecule has 1 unspecified atom stereocenters. The molecule has 1 atom stereocenters. The molecule has 4 heteroatoms. The van der Waals surface area contributed by atoms with Crippen LogP contribution in [0.15, 0.2) is 0 Å². The van der Waals surface area contributed by atoms with Crippen LogP contribution in [0.2, 0.25) is 0 Å². The second kappa shape index (κ2) is 6.63. The molecule has 0 aromatic heterocycles. The van der Waals surface area contributed by atoms with Crippen LogP contribution in [0.1, 0.15) is 46.0 Å². The van der Waals surface area contributed by atoms with Gasteiger partial charge in [-0.3, -0.25) is 19.8 Å². The highest BCUT2D eigenvalue weighted by Crippen LogP contribution is 2.17. The minimum Gasteiger partial charge on any atom is -0.295 e.